The number of hydrogen-bond acceptors (Lipinski definition) is 3. The predicted molar refractivity (Wildman–Crippen MR) is 76.6 cm³/mol. The number of carboxylic acids is 1. The van der Waals surface area contributed by atoms with Crippen molar-refractivity contribution in [3.05, 3.63) is 28.2 Å². The van der Waals surface area contributed by atoms with Gasteiger partial charge in [0.1, 0.15) is 5.75 Å². The molecule has 1 aliphatic rings. The quantitative estimate of drug-likeness (QED) is 0.913. The molecule has 0 radical (unpaired) electrons. The standard InChI is InChI=1S/C14H16BrNO4/c1-3-16-12(17)7-10(14(18)19)13(16)9-6-8(15)4-5-11(9)20-2/h4-6,10,13H,3,7H2,1-2H3,(H,18,19). The third-order valence-electron chi connectivity index (χ3n) is 3.60. The Bertz CT molecular complexity index is 546. The molecule has 1 N–H and O–H groups in total. The monoisotopic (exact) mass is 341 g/mol. The molecular formula is C14H16BrNO4. The van der Waals surface area contributed by atoms with Crippen molar-refractivity contribution in [2.24, 2.45) is 5.92 Å². The average Bonchev–Trinajstić information content (AvgIpc) is 2.75. The van der Waals surface area contributed by atoms with Crippen molar-refractivity contribution < 1.29 is 19.4 Å². The van der Waals surface area contributed by atoms with Crippen molar-refractivity contribution in [2.45, 2.75) is 19.4 Å². The van der Waals surface area contributed by atoms with E-state index >= 15 is 0 Å². The Morgan fingerprint density at radius 1 is 1.55 bits per heavy atom. The molecule has 0 aliphatic carbocycles. The Morgan fingerprint density at radius 3 is 2.80 bits per heavy atom. The number of ether oxygens (including phenoxy) is 1. The first-order valence-electron chi connectivity index (χ1n) is 6.35. The molecule has 2 rings (SSSR count). The maximum Gasteiger partial charge on any atom is 0.309 e. The third kappa shape index (κ3) is 2.52. The number of aliphatic carboxylic acids is 1. The van der Waals surface area contributed by atoms with Crippen LogP contribution in [0, 0.1) is 5.92 Å². The van der Waals surface area contributed by atoms with E-state index in [2.05, 4.69) is 15.9 Å². The lowest BCUT2D eigenvalue weighted by Crippen LogP contribution is -2.30. The molecule has 1 aliphatic heterocycles. The number of rotatable bonds is 4. The number of carbonyl (C=O) groups is 2. The summed E-state index contributed by atoms with van der Waals surface area (Å²) in [6.45, 7) is 2.32. The molecule has 20 heavy (non-hydrogen) atoms. The first-order chi connectivity index (χ1) is 9.49. The van der Waals surface area contributed by atoms with Crippen LogP contribution >= 0.6 is 15.9 Å². The minimum atomic E-state index is -0.957. The number of carbonyl (C=O) groups excluding carboxylic acids is 1. The van der Waals surface area contributed by atoms with Crippen LogP contribution < -0.4 is 4.74 Å². The average molecular weight is 342 g/mol. The number of methoxy groups -OCH3 is 1. The van der Waals surface area contributed by atoms with Gasteiger partial charge in [-0.1, -0.05) is 15.9 Å². The van der Waals surface area contributed by atoms with Gasteiger partial charge < -0.3 is 14.7 Å². The molecular weight excluding hydrogens is 326 g/mol. The number of likely N-dealkylation sites (tertiary alicyclic amines) is 1. The van der Waals surface area contributed by atoms with E-state index in [0.29, 0.717) is 12.3 Å². The molecule has 108 valence electrons. The van der Waals surface area contributed by atoms with E-state index in [4.69, 9.17) is 4.74 Å². The summed E-state index contributed by atoms with van der Waals surface area (Å²) in [4.78, 5) is 25.0. The second-order valence-electron chi connectivity index (χ2n) is 4.66. The van der Waals surface area contributed by atoms with E-state index in [-0.39, 0.29) is 12.3 Å². The van der Waals surface area contributed by atoms with Gasteiger partial charge in [0.05, 0.1) is 19.1 Å². The lowest BCUT2D eigenvalue weighted by atomic mass is 9.93. The number of hydrogen-bond donors (Lipinski definition) is 1. The summed E-state index contributed by atoms with van der Waals surface area (Å²) in [6, 6.07) is 4.93. The maximum atomic E-state index is 12.0. The normalized spacial score (nSPS) is 22.1. The lowest BCUT2D eigenvalue weighted by Gasteiger charge is -2.27. The van der Waals surface area contributed by atoms with Crippen LogP contribution in [0.5, 0.6) is 5.75 Å². The predicted octanol–water partition coefficient (Wildman–Crippen LogP) is 2.45. The van der Waals surface area contributed by atoms with Crippen molar-refractivity contribution in [3.63, 3.8) is 0 Å². The van der Waals surface area contributed by atoms with Crippen LogP contribution in [0.2, 0.25) is 0 Å². The van der Waals surface area contributed by atoms with Crippen LogP contribution in [-0.4, -0.2) is 35.5 Å². The second kappa shape index (κ2) is 5.83. The highest BCUT2D eigenvalue weighted by Gasteiger charge is 2.45. The molecule has 1 saturated heterocycles. The van der Waals surface area contributed by atoms with Crippen LogP contribution in [0.3, 0.4) is 0 Å². The van der Waals surface area contributed by atoms with Crippen LogP contribution in [0.1, 0.15) is 24.9 Å². The highest BCUT2D eigenvalue weighted by molar-refractivity contribution is 9.10. The molecule has 1 fully saturated rings. The van der Waals surface area contributed by atoms with E-state index < -0.39 is 17.9 Å². The Labute approximate surface area is 125 Å². The minimum absolute atomic E-state index is 0.0313. The van der Waals surface area contributed by atoms with Crippen LogP contribution in [0.15, 0.2) is 22.7 Å². The van der Waals surface area contributed by atoms with Gasteiger partial charge >= 0.3 is 5.97 Å². The molecule has 2 unspecified atom stereocenters. The molecule has 0 spiro atoms. The SMILES string of the molecule is CCN1C(=O)CC(C(=O)O)C1c1cc(Br)ccc1OC. The van der Waals surface area contributed by atoms with Gasteiger partial charge in [0.2, 0.25) is 5.91 Å². The Balaban J connectivity index is 2.53. The molecule has 1 amide bonds. The molecule has 1 heterocycles. The van der Waals surface area contributed by atoms with Crippen LogP contribution in [0.25, 0.3) is 0 Å². The summed E-state index contributed by atoms with van der Waals surface area (Å²) in [6.07, 6.45) is 0.0313. The Hall–Kier alpha value is -1.56. The van der Waals surface area contributed by atoms with Gasteiger partial charge in [-0.3, -0.25) is 9.59 Å². The number of carboxylic acid groups (broad SMARTS) is 1. The van der Waals surface area contributed by atoms with Gasteiger partial charge in [0.25, 0.3) is 0 Å². The molecule has 6 heteroatoms. The molecule has 2 atom stereocenters. The van der Waals surface area contributed by atoms with Crippen molar-refractivity contribution in [1.82, 2.24) is 4.90 Å². The van der Waals surface area contributed by atoms with E-state index in [0.717, 1.165) is 10.0 Å². The summed E-state index contributed by atoms with van der Waals surface area (Å²) < 4.78 is 6.14. The van der Waals surface area contributed by atoms with Gasteiger partial charge in [0.15, 0.2) is 0 Å². The fraction of sp³-hybridized carbons (Fsp3) is 0.429. The van der Waals surface area contributed by atoms with Crippen molar-refractivity contribution in [2.75, 3.05) is 13.7 Å². The zero-order chi connectivity index (χ0) is 14.9. The molecule has 1 aromatic rings. The van der Waals surface area contributed by atoms with Gasteiger partial charge in [0, 0.05) is 23.0 Å². The summed E-state index contributed by atoms with van der Waals surface area (Å²) >= 11 is 3.38. The highest BCUT2D eigenvalue weighted by Crippen LogP contribution is 2.42. The minimum Gasteiger partial charge on any atom is -0.496 e. The first kappa shape index (κ1) is 14.8. The molecule has 1 aromatic carbocycles. The molecule has 5 nitrogen and oxygen atoms in total. The van der Waals surface area contributed by atoms with E-state index in [9.17, 15) is 14.7 Å². The van der Waals surface area contributed by atoms with E-state index in [1.54, 1.807) is 11.0 Å². The maximum absolute atomic E-state index is 12.0. The van der Waals surface area contributed by atoms with Crippen molar-refractivity contribution >= 4 is 27.8 Å². The van der Waals surface area contributed by atoms with Crippen molar-refractivity contribution in [3.8, 4) is 5.75 Å². The van der Waals surface area contributed by atoms with Gasteiger partial charge in [-0.15, -0.1) is 0 Å². The zero-order valence-corrected chi connectivity index (χ0v) is 12.9. The third-order valence-corrected chi connectivity index (χ3v) is 4.09. The second-order valence-corrected chi connectivity index (χ2v) is 5.58. The van der Waals surface area contributed by atoms with E-state index in [1.165, 1.54) is 7.11 Å². The van der Waals surface area contributed by atoms with Crippen LogP contribution in [0.4, 0.5) is 0 Å². The fourth-order valence-corrected chi connectivity index (χ4v) is 3.08. The Kier molecular flexibility index (Phi) is 4.32. The summed E-state index contributed by atoms with van der Waals surface area (Å²) in [7, 11) is 1.54. The highest BCUT2D eigenvalue weighted by atomic mass is 79.9. The number of nitrogens with zero attached hydrogens (tertiary/aromatic N) is 1. The first-order valence-corrected chi connectivity index (χ1v) is 7.14. The molecule has 0 saturated carbocycles. The summed E-state index contributed by atoms with van der Waals surface area (Å²) in [5, 5.41) is 9.38. The largest absolute Gasteiger partial charge is 0.496 e. The molecule has 0 bridgehead atoms. The van der Waals surface area contributed by atoms with Gasteiger partial charge in [-0.2, -0.15) is 0 Å². The van der Waals surface area contributed by atoms with Gasteiger partial charge in [-0.25, -0.2) is 0 Å². The Morgan fingerprint density at radius 2 is 2.25 bits per heavy atom. The fourth-order valence-electron chi connectivity index (χ4n) is 2.71. The van der Waals surface area contributed by atoms with Crippen molar-refractivity contribution in [1.29, 1.82) is 0 Å². The summed E-state index contributed by atoms with van der Waals surface area (Å²) in [5.41, 5.74) is 0.724. The number of halogens is 1. The molecule has 0 aromatic heterocycles. The smallest absolute Gasteiger partial charge is 0.309 e. The van der Waals surface area contributed by atoms with E-state index in [1.807, 2.05) is 19.1 Å². The zero-order valence-electron chi connectivity index (χ0n) is 11.3. The number of amides is 1. The van der Waals surface area contributed by atoms with Crippen LogP contribution in [-0.2, 0) is 9.59 Å². The lowest BCUT2D eigenvalue weighted by molar-refractivity contribution is -0.142. The topological polar surface area (TPSA) is 66.8 Å². The van der Waals surface area contributed by atoms with Gasteiger partial charge in [-0.05, 0) is 25.1 Å². The number of benzene rings is 1. The summed E-state index contributed by atoms with van der Waals surface area (Å²) in [5.74, 6) is -1.24.